The third-order valence-corrected chi connectivity index (χ3v) is 3.18. The summed E-state index contributed by atoms with van der Waals surface area (Å²) in [5.41, 5.74) is -0.638. The van der Waals surface area contributed by atoms with Gasteiger partial charge in [-0.15, -0.1) is 0 Å². The number of carboxylic acid groups (broad SMARTS) is 1. The number of benzene rings is 1. The molecule has 2 rings (SSSR count). The summed E-state index contributed by atoms with van der Waals surface area (Å²) in [6, 6.07) is 5.58. The first kappa shape index (κ1) is 15.8. The third-order valence-electron chi connectivity index (χ3n) is 3.18. The topological polar surface area (TPSA) is 100 Å². The fraction of sp³-hybridized carbons (Fsp3) is 0.312. The summed E-state index contributed by atoms with van der Waals surface area (Å²) in [5, 5.41) is 19.7. The van der Waals surface area contributed by atoms with Gasteiger partial charge in [-0.05, 0) is 24.5 Å². The Labute approximate surface area is 126 Å². The second kappa shape index (κ2) is 6.43. The minimum absolute atomic E-state index is 0.139. The van der Waals surface area contributed by atoms with Gasteiger partial charge >= 0.3 is 11.6 Å². The molecule has 116 valence electrons. The Morgan fingerprint density at radius 1 is 1.36 bits per heavy atom. The van der Waals surface area contributed by atoms with Gasteiger partial charge in [-0.25, -0.2) is 9.59 Å². The maximum atomic E-state index is 11.9. The average Bonchev–Trinajstić information content (AvgIpc) is 2.45. The lowest BCUT2D eigenvalue weighted by Crippen LogP contribution is -2.21. The molecule has 1 aromatic carbocycles. The number of aromatic hydroxyl groups is 1. The molecule has 0 radical (unpaired) electrons. The van der Waals surface area contributed by atoms with E-state index in [1.54, 1.807) is 24.3 Å². The van der Waals surface area contributed by atoms with E-state index >= 15 is 0 Å². The van der Waals surface area contributed by atoms with Gasteiger partial charge in [-0.2, -0.15) is 0 Å². The molecule has 0 spiro atoms. The summed E-state index contributed by atoms with van der Waals surface area (Å²) in [6.07, 6.45) is 1.42. The molecule has 0 aliphatic rings. The maximum Gasteiger partial charge on any atom is 0.348 e. The molecule has 22 heavy (non-hydrogen) atoms. The van der Waals surface area contributed by atoms with Crippen molar-refractivity contribution in [1.82, 2.24) is 0 Å². The highest BCUT2D eigenvalue weighted by molar-refractivity contribution is 5.94. The lowest BCUT2D eigenvalue weighted by molar-refractivity contribution is -0.138. The number of aliphatic carboxylic acids is 1. The van der Waals surface area contributed by atoms with Crippen molar-refractivity contribution in [2.45, 2.75) is 26.3 Å². The SMILES string of the molecule is CC(C)C[C@H](N=Cc1c(O)c2ccccc2oc1=O)C(=O)O. The highest BCUT2D eigenvalue weighted by Crippen LogP contribution is 2.25. The number of hydrogen-bond donors (Lipinski definition) is 2. The Balaban J connectivity index is 2.44. The summed E-state index contributed by atoms with van der Waals surface area (Å²) >= 11 is 0. The largest absolute Gasteiger partial charge is 0.506 e. The smallest absolute Gasteiger partial charge is 0.348 e. The molecule has 0 fully saturated rings. The molecule has 1 heterocycles. The highest BCUT2D eigenvalue weighted by Gasteiger charge is 2.18. The van der Waals surface area contributed by atoms with Crippen LogP contribution in [0.4, 0.5) is 0 Å². The second-order valence-electron chi connectivity index (χ2n) is 5.41. The van der Waals surface area contributed by atoms with Gasteiger partial charge in [0.2, 0.25) is 0 Å². The number of carbonyl (C=O) groups is 1. The molecule has 6 nitrogen and oxygen atoms in total. The van der Waals surface area contributed by atoms with Gasteiger partial charge in [-0.1, -0.05) is 26.0 Å². The number of fused-ring (bicyclic) bond motifs is 1. The molecule has 0 saturated heterocycles. The van der Waals surface area contributed by atoms with Gasteiger partial charge in [0.15, 0.2) is 0 Å². The van der Waals surface area contributed by atoms with E-state index in [9.17, 15) is 14.7 Å². The summed E-state index contributed by atoms with van der Waals surface area (Å²) in [6.45, 7) is 3.76. The van der Waals surface area contributed by atoms with Crippen LogP contribution >= 0.6 is 0 Å². The highest BCUT2D eigenvalue weighted by atomic mass is 16.4. The van der Waals surface area contributed by atoms with E-state index in [-0.39, 0.29) is 22.8 Å². The Hall–Kier alpha value is -2.63. The molecule has 2 N–H and O–H groups in total. The van der Waals surface area contributed by atoms with Crippen LogP contribution in [0.2, 0.25) is 0 Å². The van der Waals surface area contributed by atoms with Gasteiger partial charge in [0.05, 0.1) is 5.39 Å². The number of nitrogens with zero attached hydrogens (tertiary/aromatic N) is 1. The zero-order valence-electron chi connectivity index (χ0n) is 12.3. The van der Waals surface area contributed by atoms with Gasteiger partial charge < -0.3 is 14.6 Å². The van der Waals surface area contributed by atoms with Crippen LogP contribution in [0.5, 0.6) is 5.75 Å². The fourth-order valence-corrected chi connectivity index (χ4v) is 2.10. The number of para-hydroxylation sites is 1. The van der Waals surface area contributed by atoms with E-state index in [1.807, 2.05) is 13.8 Å². The molecule has 0 aliphatic carbocycles. The predicted octanol–water partition coefficient (Wildman–Crippen LogP) is 2.42. The van der Waals surface area contributed by atoms with Crippen molar-refractivity contribution < 1.29 is 19.4 Å². The lowest BCUT2D eigenvalue weighted by Gasteiger charge is -2.09. The first-order chi connectivity index (χ1) is 10.4. The molecule has 0 aliphatic heterocycles. The van der Waals surface area contributed by atoms with E-state index in [4.69, 9.17) is 9.52 Å². The van der Waals surface area contributed by atoms with Crippen molar-refractivity contribution in [3.63, 3.8) is 0 Å². The van der Waals surface area contributed by atoms with Crippen LogP contribution in [0.1, 0.15) is 25.8 Å². The molecule has 0 unspecified atom stereocenters. The molecule has 1 aromatic heterocycles. The zero-order valence-corrected chi connectivity index (χ0v) is 12.3. The maximum absolute atomic E-state index is 11.9. The van der Waals surface area contributed by atoms with Crippen LogP contribution in [0.15, 0.2) is 38.5 Å². The van der Waals surface area contributed by atoms with Crippen LogP contribution < -0.4 is 5.63 Å². The third kappa shape index (κ3) is 3.33. The molecule has 6 heteroatoms. The molecular formula is C16H17NO5. The van der Waals surface area contributed by atoms with Crippen molar-refractivity contribution >= 4 is 23.2 Å². The standard InChI is InChI=1S/C16H17NO5/c1-9(2)7-12(15(19)20)17-8-11-14(18)10-5-3-4-6-13(10)22-16(11)21/h3-6,8-9,12,18H,7H2,1-2H3,(H,19,20)/t12-/m0/s1. The number of rotatable bonds is 5. The molecule has 0 saturated carbocycles. The van der Waals surface area contributed by atoms with Gasteiger partial charge in [0.1, 0.15) is 22.9 Å². The van der Waals surface area contributed by atoms with Crippen molar-refractivity contribution in [2.24, 2.45) is 10.9 Å². The Kier molecular flexibility index (Phi) is 4.60. The molecule has 0 amide bonds. The monoisotopic (exact) mass is 303 g/mol. The fourth-order valence-electron chi connectivity index (χ4n) is 2.10. The molecular weight excluding hydrogens is 286 g/mol. The van der Waals surface area contributed by atoms with Crippen LogP contribution in [-0.4, -0.2) is 28.4 Å². The first-order valence-electron chi connectivity index (χ1n) is 6.91. The van der Waals surface area contributed by atoms with Gasteiger partial charge in [0, 0.05) is 6.21 Å². The first-order valence-corrected chi connectivity index (χ1v) is 6.91. The predicted molar refractivity (Wildman–Crippen MR) is 82.6 cm³/mol. The van der Waals surface area contributed by atoms with Crippen LogP contribution in [0.3, 0.4) is 0 Å². The molecule has 2 aromatic rings. The zero-order chi connectivity index (χ0) is 16.3. The van der Waals surface area contributed by atoms with Gasteiger partial charge in [0.25, 0.3) is 0 Å². The molecule has 1 atom stereocenters. The average molecular weight is 303 g/mol. The summed E-state index contributed by atoms with van der Waals surface area (Å²) in [5.74, 6) is -1.20. The van der Waals surface area contributed by atoms with Crippen molar-refractivity contribution in [3.8, 4) is 5.75 Å². The molecule has 0 bridgehead atoms. The van der Waals surface area contributed by atoms with Crippen molar-refractivity contribution in [2.75, 3.05) is 0 Å². The normalized spacial score (nSPS) is 13.0. The minimum atomic E-state index is -1.07. The van der Waals surface area contributed by atoms with E-state index in [0.29, 0.717) is 11.8 Å². The van der Waals surface area contributed by atoms with E-state index in [1.165, 1.54) is 0 Å². The lowest BCUT2D eigenvalue weighted by atomic mass is 10.0. The minimum Gasteiger partial charge on any atom is -0.506 e. The quantitative estimate of drug-likeness (QED) is 0.652. The van der Waals surface area contributed by atoms with E-state index < -0.39 is 17.6 Å². The van der Waals surface area contributed by atoms with Crippen LogP contribution in [-0.2, 0) is 4.79 Å². The van der Waals surface area contributed by atoms with Crippen LogP contribution in [0, 0.1) is 5.92 Å². The summed E-state index contributed by atoms with van der Waals surface area (Å²) < 4.78 is 5.09. The number of hydrogen-bond acceptors (Lipinski definition) is 5. The Bertz CT molecular complexity index is 776. The summed E-state index contributed by atoms with van der Waals surface area (Å²) in [4.78, 5) is 27.0. The van der Waals surface area contributed by atoms with Gasteiger partial charge in [-0.3, -0.25) is 4.99 Å². The van der Waals surface area contributed by atoms with Crippen molar-refractivity contribution in [1.29, 1.82) is 0 Å². The number of carboxylic acids is 1. The number of aliphatic imine (C=N–C) groups is 1. The van der Waals surface area contributed by atoms with Crippen LogP contribution in [0.25, 0.3) is 11.0 Å². The van der Waals surface area contributed by atoms with E-state index in [0.717, 1.165) is 6.21 Å². The Morgan fingerprint density at radius 3 is 2.68 bits per heavy atom. The van der Waals surface area contributed by atoms with E-state index in [2.05, 4.69) is 4.99 Å². The van der Waals surface area contributed by atoms with Crippen molar-refractivity contribution in [3.05, 3.63) is 40.2 Å². The summed E-state index contributed by atoms with van der Waals surface area (Å²) in [7, 11) is 0. The Morgan fingerprint density at radius 2 is 2.05 bits per heavy atom. The second-order valence-corrected chi connectivity index (χ2v) is 5.41.